The fourth-order valence-corrected chi connectivity index (χ4v) is 4.09. The van der Waals surface area contributed by atoms with Crippen molar-refractivity contribution in [2.24, 2.45) is 11.8 Å². The Morgan fingerprint density at radius 2 is 1.95 bits per heavy atom. The number of nitrogens with one attached hydrogen (secondary N) is 2. The van der Waals surface area contributed by atoms with Gasteiger partial charge in [-0.25, -0.2) is 0 Å². The van der Waals surface area contributed by atoms with Crippen molar-refractivity contribution in [2.45, 2.75) is 39.0 Å². The molecule has 1 saturated carbocycles. The number of carbonyl (C=O) groups excluding carboxylic acids is 1. The van der Waals surface area contributed by atoms with Crippen LogP contribution in [0.3, 0.4) is 0 Å². The van der Waals surface area contributed by atoms with Gasteiger partial charge in [0.25, 0.3) is 5.91 Å². The highest BCUT2D eigenvalue weighted by Gasteiger charge is 2.34. The van der Waals surface area contributed by atoms with Crippen molar-refractivity contribution < 1.29 is 9.69 Å². The number of amides is 1. The van der Waals surface area contributed by atoms with E-state index in [4.69, 9.17) is 0 Å². The first-order chi connectivity index (χ1) is 10.2. The van der Waals surface area contributed by atoms with Crippen molar-refractivity contribution in [3.63, 3.8) is 0 Å². The molecular weight excluding hydrogens is 260 g/mol. The topological polar surface area (TPSA) is 33.5 Å². The standard InChI is InChI=1S/C18H26N2O/c1-14-6-2-5-9-17(14)19-18(21)13-20-11-10-15-7-3-4-8-16(15)12-20/h2,5-6,9,15-16H,3-4,7-8,10-13H2,1H3,(H,19,21)/p+1/t15-,16+/m0/s1. The lowest BCUT2D eigenvalue weighted by Crippen LogP contribution is -3.15. The normalized spacial score (nSPS) is 28.7. The van der Waals surface area contributed by atoms with Crippen LogP contribution < -0.4 is 10.2 Å². The molecule has 0 spiro atoms. The van der Waals surface area contributed by atoms with E-state index < -0.39 is 0 Å². The zero-order valence-corrected chi connectivity index (χ0v) is 13.0. The number of para-hydroxylation sites is 1. The summed E-state index contributed by atoms with van der Waals surface area (Å²) in [5.41, 5.74) is 2.08. The van der Waals surface area contributed by atoms with E-state index in [1.165, 1.54) is 50.1 Å². The van der Waals surface area contributed by atoms with Crippen LogP contribution >= 0.6 is 0 Å². The number of hydrogen-bond acceptors (Lipinski definition) is 1. The number of fused-ring (bicyclic) bond motifs is 1. The molecule has 21 heavy (non-hydrogen) atoms. The molecule has 3 nitrogen and oxygen atoms in total. The number of likely N-dealkylation sites (tertiary alicyclic amines) is 1. The first-order valence-electron chi connectivity index (χ1n) is 8.41. The van der Waals surface area contributed by atoms with Crippen molar-refractivity contribution in [2.75, 3.05) is 25.0 Å². The molecule has 2 N–H and O–H groups in total. The summed E-state index contributed by atoms with van der Waals surface area (Å²) in [6.07, 6.45) is 6.94. The van der Waals surface area contributed by atoms with Crippen LogP contribution in [0.1, 0.15) is 37.7 Å². The van der Waals surface area contributed by atoms with E-state index in [0.717, 1.165) is 23.1 Å². The molecule has 1 amide bonds. The van der Waals surface area contributed by atoms with Crippen LogP contribution in [0.4, 0.5) is 5.69 Å². The van der Waals surface area contributed by atoms with Crippen molar-refractivity contribution in [3.8, 4) is 0 Å². The molecule has 3 rings (SSSR count). The lowest BCUT2D eigenvalue weighted by Gasteiger charge is -2.38. The third kappa shape index (κ3) is 3.65. The van der Waals surface area contributed by atoms with E-state index in [1.807, 2.05) is 31.2 Å². The quantitative estimate of drug-likeness (QED) is 0.876. The fraction of sp³-hybridized carbons (Fsp3) is 0.611. The smallest absolute Gasteiger partial charge is 0.279 e. The van der Waals surface area contributed by atoms with Gasteiger partial charge in [-0.15, -0.1) is 0 Å². The maximum absolute atomic E-state index is 12.3. The largest absolute Gasteiger partial charge is 0.327 e. The van der Waals surface area contributed by atoms with Gasteiger partial charge in [-0.3, -0.25) is 4.79 Å². The highest BCUT2D eigenvalue weighted by molar-refractivity contribution is 5.92. The van der Waals surface area contributed by atoms with Gasteiger partial charge in [-0.05, 0) is 43.7 Å². The summed E-state index contributed by atoms with van der Waals surface area (Å²) in [5, 5.41) is 3.07. The molecule has 2 fully saturated rings. The number of aryl methyl sites for hydroxylation is 1. The molecule has 2 aliphatic rings. The molecule has 1 aliphatic carbocycles. The molecule has 3 heteroatoms. The van der Waals surface area contributed by atoms with E-state index in [-0.39, 0.29) is 5.91 Å². The molecule has 1 aliphatic heterocycles. The van der Waals surface area contributed by atoms with E-state index in [1.54, 1.807) is 0 Å². The van der Waals surface area contributed by atoms with Gasteiger partial charge >= 0.3 is 0 Å². The molecule has 114 valence electrons. The van der Waals surface area contributed by atoms with Gasteiger partial charge < -0.3 is 10.2 Å². The van der Waals surface area contributed by atoms with Crippen LogP contribution in [-0.2, 0) is 4.79 Å². The minimum Gasteiger partial charge on any atom is -0.327 e. The molecule has 0 aromatic heterocycles. The van der Waals surface area contributed by atoms with Crippen LogP contribution in [0.5, 0.6) is 0 Å². The Bertz CT molecular complexity index is 500. The Morgan fingerprint density at radius 1 is 1.19 bits per heavy atom. The summed E-state index contributed by atoms with van der Waals surface area (Å²) in [5.74, 6) is 1.98. The molecule has 1 aromatic carbocycles. The number of quaternary nitrogens is 1. The molecular formula is C18H27N2O+. The predicted octanol–water partition coefficient (Wildman–Crippen LogP) is 2.03. The first-order valence-corrected chi connectivity index (χ1v) is 8.41. The molecule has 1 saturated heterocycles. The Balaban J connectivity index is 1.52. The third-order valence-electron chi connectivity index (χ3n) is 5.32. The van der Waals surface area contributed by atoms with Gasteiger partial charge in [0, 0.05) is 11.6 Å². The second kappa shape index (κ2) is 6.61. The summed E-state index contributed by atoms with van der Waals surface area (Å²) < 4.78 is 0. The van der Waals surface area contributed by atoms with Gasteiger partial charge in [0.1, 0.15) is 0 Å². The van der Waals surface area contributed by atoms with Crippen LogP contribution in [0, 0.1) is 18.8 Å². The lowest BCUT2D eigenvalue weighted by atomic mass is 9.75. The van der Waals surface area contributed by atoms with Crippen LogP contribution in [0.2, 0.25) is 0 Å². The average molecular weight is 287 g/mol. The summed E-state index contributed by atoms with van der Waals surface area (Å²) in [6.45, 7) is 5.03. The predicted molar refractivity (Wildman–Crippen MR) is 85.4 cm³/mol. The summed E-state index contributed by atoms with van der Waals surface area (Å²) in [7, 11) is 0. The Labute approximate surface area is 127 Å². The number of hydrogen-bond donors (Lipinski definition) is 2. The van der Waals surface area contributed by atoms with Crippen molar-refractivity contribution in [1.29, 1.82) is 0 Å². The molecule has 1 aromatic rings. The molecule has 1 heterocycles. The van der Waals surface area contributed by atoms with Crippen LogP contribution in [-0.4, -0.2) is 25.5 Å². The monoisotopic (exact) mass is 287 g/mol. The third-order valence-corrected chi connectivity index (χ3v) is 5.32. The minimum absolute atomic E-state index is 0.161. The zero-order chi connectivity index (χ0) is 14.7. The van der Waals surface area contributed by atoms with Gasteiger partial charge in [-0.1, -0.05) is 31.0 Å². The number of anilines is 1. The fourth-order valence-electron chi connectivity index (χ4n) is 4.09. The van der Waals surface area contributed by atoms with Gasteiger partial charge in [0.05, 0.1) is 13.1 Å². The maximum atomic E-state index is 12.3. The van der Waals surface area contributed by atoms with Gasteiger partial charge in [-0.2, -0.15) is 0 Å². The molecule has 0 bridgehead atoms. The Kier molecular flexibility index (Phi) is 4.59. The van der Waals surface area contributed by atoms with Crippen molar-refractivity contribution in [3.05, 3.63) is 29.8 Å². The first kappa shape index (κ1) is 14.6. The van der Waals surface area contributed by atoms with Crippen molar-refractivity contribution in [1.82, 2.24) is 0 Å². The summed E-state index contributed by atoms with van der Waals surface area (Å²) >= 11 is 0. The molecule has 3 atom stereocenters. The zero-order valence-electron chi connectivity index (χ0n) is 13.0. The van der Waals surface area contributed by atoms with Crippen molar-refractivity contribution >= 4 is 11.6 Å². The van der Waals surface area contributed by atoms with Gasteiger partial charge in [0.15, 0.2) is 6.54 Å². The van der Waals surface area contributed by atoms with Crippen LogP contribution in [0.25, 0.3) is 0 Å². The minimum atomic E-state index is 0.161. The number of benzene rings is 1. The number of carbonyl (C=O) groups is 1. The maximum Gasteiger partial charge on any atom is 0.279 e. The Morgan fingerprint density at radius 3 is 2.76 bits per heavy atom. The van der Waals surface area contributed by atoms with Gasteiger partial charge in [0.2, 0.25) is 0 Å². The summed E-state index contributed by atoms with van der Waals surface area (Å²) in [6, 6.07) is 8.00. The highest BCUT2D eigenvalue weighted by atomic mass is 16.2. The van der Waals surface area contributed by atoms with E-state index in [2.05, 4.69) is 5.32 Å². The Hall–Kier alpha value is -1.35. The second-order valence-electron chi connectivity index (χ2n) is 6.84. The molecule has 1 unspecified atom stereocenters. The number of piperidine rings is 1. The lowest BCUT2D eigenvalue weighted by molar-refractivity contribution is -0.902. The average Bonchev–Trinajstić information content (AvgIpc) is 2.49. The van der Waals surface area contributed by atoms with E-state index in [0.29, 0.717) is 6.54 Å². The van der Waals surface area contributed by atoms with E-state index in [9.17, 15) is 4.79 Å². The summed E-state index contributed by atoms with van der Waals surface area (Å²) in [4.78, 5) is 13.7. The highest BCUT2D eigenvalue weighted by Crippen LogP contribution is 2.32. The van der Waals surface area contributed by atoms with E-state index >= 15 is 0 Å². The van der Waals surface area contributed by atoms with Crippen LogP contribution in [0.15, 0.2) is 24.3 Å². The molecule has 0 radical (unpaired) electrons. The second-order valence-corrected chi connectivity index (χ2v) is 6.84. The SMILES string of the molecule is Cc1ccccc1NC(=O)C[NH+]1CC[C@@H]2CCCC[C@@H]2C1. The number of rotatable bonds is 3.